The van der Waals surface area contributed by atoms with Crippen molar-refractivity contribution in [2.45, 2.75) is 88.4 Å². The Labute approximate surface area is 170 Å². The molecule has 0 spiro atoms. The van der Waals surface area contributed by atoms with Gasteiger partial charge in [-0.25, -0.2) is 0 Å². The van der Waals surface area contributed by atoms with Crippen molar-refractivity contribution in [3.63, 3.8) is 0 Å². The van der Waals surface area contributed by atoms with Crippen LogP contribution in [0.15, 0.2) is 48.5 Å². The Hall–Kier alpha value is -1.64. The van der Waals surface area contributed by atoms with E-state index in [-0.39, 0.29) is 0 Å². The van der Waals surface area contributed by atoms with Crippen LogP contribution in [0.3, 0.4) is 0 Å². The number of hydrogen-bond acceptors (Lipinski definition) is 2. The maximum atomic E-state index is 4.12. The molecular formula is C26H34N2. The van der Waals surface area contributed by atoms with E-state index in [1.54, 1.807) is 22.3 Å². The van der Waals surface area contributed by atoms with E-state index >= 15 is 0 Å². The Morgan fingerprint density at radius 2 is 1.00 bits per heavy atom. The minimum absolute atomic E-state index is 0.538. The first kappa shape index (κ1) is 18.4. The fraction of sp³-hybridized carbons (Fsp3) is 0.538. The number of rotatable bonds is 4. The second-order valence-corrected chi connectivity index (χ2v) is 9.12. The third kappa shape index (κ3) is 3.77. The molecule has 0 radical (unpaired) electrons. The molecule has 148 valence electrons. The standard InChI is InChI=1S/C26H34N2/c1-3-13-21-19(9-1)11-7-17-23(21)27-25-15-5-6-16-26(25)28-24-18-8-12-20-10-2-4-14-22(20)24/h1-4,9-10,13-14,23-28H,5-8,11-12,15-18H2/t23-,24-,25-,26-/m1/s1. The Kier molecular flexibility index (Phi) is 5.51. The zero-order valence-electron chi connectivity index (χ0n) is 17.0. The van der Waals surface area contributed by atoms with Crippen molar-refractivity contribution in [3.8, 4) is 0 Å². The Balaban J connectivity index is 1.32. The maximum absolute atomic E-state index is 4.12. The zero-order valence-corrected chi connectivity index (χ0v) is 17.0. The molecule has 2 aromatic rings. The van der Waals surface area contributed by atoms with Crippen molar-refractivity contribution >= 4 is 0 Å². The van der Waals surface area contributed by atoms with Gasteiger partial charge in [0, 0.05) is 24.2 Å². The summed E-state index contributed by atoms with van der Waals surface area (Å²) in [6, 6.07) is 20.5. The molecule has 0 aliphatic heterocycles. The third-order valence-electron chi connectivity index (χ3n) is 7.34. The van der Waals surface area contributed by atoms with Crippen LogP contribution in [0.1, 0.15) is 85.7 Å². The molecule has 2 N–H and O–H groups in total. The van der Waals surface area contributed by atoms with Crippen LogP contribution in [0.25, 0.3) is 0 Å². The van der Waals surface area contributed by atoms with E-state index in [2.05, 4.69) is 59.2 Å². The topological polar surface area (TPSA) is 24.1 Å². The molecular weight excluding hydrogens is 340 g/mol. The summed E-state index contributed by atoms with van der Waals surface area (Å²) in [5.74, 6) is 0. The summed E-state index contributed by atoms with van der Waals surface area (Å²) in [4.78, 5) is 0. The van der Waals surface area contributed by atoms with Crippen LogP contribution in [0, 0.1) is 0 Å². The van der Waals surface area contributed by atoms with Crippen LogP contribution >= 0.6 is 0 Å². The predicted octanol–water partition coefficient (Wildman–Crippen LogP) is 5.63. The van der Waals surface area contributed by atoms with E-state index < -0.39 is 0 Å². The number of hydrogen-bond donors (Lipinski definition) is 2. The van der Waals surface area contributed by atoms with Gasteiger partial charge in [-0.3, -0.25) is 0 Å². The molecule has 0 amide bonds. The molecule has 0 heterocycles. The highest BCUT2D eigenvalue weighted by Crippen LogP contribution is 2.34. The quantitative estimate of drug-likeness (QED) is 0.724. The van der Waals surface area contributed by atoms with Crippen molar-refractivity contribution in [3.05, 3.63) is 70.8 Å². The van der Waals surface area contributed by atoms with E-state index in [9.17, 15) is 0 Å². The van der Waals surface area contributed by atoms with Gasteiger partial charge in [-0.05, 0) is 73.6 Å². The third-order valence-corrected chi connectivity index (χ3v) is 7.34. The molecule has 0 bridgehead atoms. The van der Waals surface area contributed by atoms with Gasteiger partial charge in [0.25, 0.3) is 0 Å². The van der Waals surface area contributed by atoms with Crippen molar-refractivity contribution in [1.29, 1.82) is 0 Å². The lowest BCUT2D eigenvalue weighted by Crippen LogP contribution is -2.52. The smallest absolute Gasteiger partial charge is 0.0326 e. The molecule has 4 atom stereocenters. The summed E-state index contributed by atoms with van der Waals surface area (Å²) < 4.78 is 0. The Morgan fingerprint density at radius 3 is 1.50 bits per heavy atom. The first-order valence-electron chi connectivity index (χ1n) is 11.6. The summed E-state index contributed by atoms with van der Waals surface area (Å²) in [6.45, 7) is 0. The van der Waals surface area contributed by atoms with E-state index in [0.29, 0.717) is 24.2 Å². The fourth-order valence-electron chi connectivity index (χ4n) is 5.90. The van der Waals surface area contributed by atoms with Crippen LogP contribution in [0.5, 0.6) is 0 Å². The van der Waals surface area contributed by atoms with Gasteiger partial charge in [-0.15, -0.1) is 0 Å². The van der Waals surface area contributed by atoms with Gasteiger partial charge < -0.3 is 10.6 Å². The van der Waals surface area contributed by atoms with Crippen LogP contribution < -0.4 is 10.6 Å². The number of fused-ring (bicyclic) bond motifs is 2. The second-order valence-electron chi connectivity index (χ2n) is 9.12. The van der Waals surface area contributed by atoms with Gasteiger partial charge >= 0.3 is 0 Å². The molecule has 28 heavy (non-hydrogen) atoms. The highest BCUT2D eigenvalue weighted by molar-refractivity contribution is 5.33. The van der Waals surface area contributed by atoms with E-state index in [0.717, 1.165) is 0 Å². The van der Waals surface area contributed by atoms with Gasteiger partial charge in [-0.2, -0.15) is 0 Å². The fourth-order valence-corrected chi connectivity index (χ4v) is 5.90. The predicted molar refractivity (Wildman–Crippen MR) is 117 cm³/mol. The summed E-state index contributed by atoms with van der Waals surface area (Å²) in [5.41, 5.74) is 6.24. The maximum Gasteiger partial charge on any atom is 0.0326 e. The van der Waals surface area contributed by atoms with E-state index in [4.69, 9.17) is 0 Å². The monoisotopic (exact) mass is 374 g/mol. The lowest BCUT2D eigenvalue weighted by atomic mass is 9.83. The molecule has 2 heteroatoms. The first-order valence-corrected chi connectivity index (χ1v) is 11.6. The first-order chi connectivity index (χ1) is 13.9. The molecule has 3 aliphatic rings. The van der Waals surface area contributed by atoms with Crippen LogP contribution in [-0.4, -0.2) is 12.1 Å². The molecule has 0 aromatic heterocycles. The van der Waals surface area contributed by atoms with Crippen molar-refractivity contribution in [2.75, 3.05) is 0 Å². The number of aryl methyl sites for hydroxylation is 2. The molecule has 0 saturated heterocycles. The highest BCUT2D eigenvalue weighted by atomic mass is 15.1. The van der Waals surface area contributed by atoms with Gasteiger partial charge in [0.15, 0.2) is 0 Å². The molecule has 2 nitrogen and oxygen atoms in total. The van der Waals surface area contributed by atoms with E-state index in [1.165, 1.54) is 64.2 Å². The summed E-state index contributed by atoms with van der Waals surface area (Å²) >= 11 is 0. The van der Waals surface area contributed by atoms with Crippen molar-refractivity contribution < 1.29 is 0 Å². The SMILES string of the molecule is c1ccc2c(c1)CCC[C@H]2N[C@@H]1CCCC[C@H]1N[C@@H]1CCCc2ccccc21. The molecule has 1 fully saturated rings. The molecule has 2 aromatic carbocycles. The lowest BCUT2D eigenvalue weighted by molar-refractivity contribution is 0.233. The number of nitrogens with one attached hydrogen (secondary N) is 2. The lowest BCUT2D eigenvalue weighted by Gasteiger charge is -2.40. The number of benzene rings is 2. The Bertz CT molecular complexity index is 731. The average molecular weight is 375 g/mol. The minimum atomic E-state index is 0.538. The van der Waals surface area contributed by atoms with Crippen LogP contribution in [0.2, 0.25) is 0 Å². The second kappa shape index (κ2) is 8.39. The van der Waals surface area contributed by atoms with Gasteiger partial charge in [-0.1, -0.05) is 61.4 Å². The highest BCUT2D eigenvalue weighted by Gasteiger charge is 2.31. The molecule has 1 saturated carbocycles. The van der Waals surface area contributed by atoms with Gasteiger partial charge in [0.2, 0.25) is 0 Å². The van der Waals surface area contributed by atoms with Crippen molar-refractivity contribution in [2.24, 2.45) is 0 Å². The molecule has 0 unspecified atom stereocenters. The minimum Gasteiger partial charge on any atom is -0.306 e. The Morgan fingerprint density at radius 1 is 0.536 bits per heavy atom. The summed E-state index contributed by atoms with van der Waals surface area (Å²) in [7, 11) is 0. The van der Waals surface area contributed by atoms with Crippen LogP contribution in [0.4, 0.5) is 0 Å². The van der Waals surface area contributed by atoms with Crippen molar-refractivity contribution in [1.82, 2.24) is 10.6 Å². The molecule has 5 rings (SSSR count). The van der Waals surface area contributed by atoms with E-state index in [1.807, 2.05) is 0 Å². The summed E-state index contributed by atoms with van der Waals surface area (Å²) in [6.07, 6.45) is 13.1. The van der Waals surface area contributed by atoms with Crippen LogP contribution in [-0.2, 0) is 12.8 Å². The zero-order chi connectivity index (χ0) is 18.8. The van der Waals surface area contributed by atoms with Gasteiger partial charge in [0.1, 0.15) is 0 Å². The normalized spacial score (nSPS) is 29.7. The average Bonchev–Trinajstić information content (AvgIpc) is 2.76. The molecule has 3 aliphatic carbocycles. The summed E-state index contributed by atoms with van der Waals surface area (Å²) in [5, 5.41) is 8.23. The largest absolute Gasteiger partial charge is 0.306 e. The van der Waals surface area contributed by atoms with Gasteiger partial charge in [0.05, 0.1) is 0 Å².